The molecule has 5 aromatic carbocycles. The summed E-state index contributed by atoms with van der Waals surface area (Å²) in [5.41, 5.74) is 4.01. The van der Waals surface area contributed by atoms with E-state index in [4.69, 9.17) is 51.3 Å². The lowest BCUT2D eigenvalue weighted by molar-refractivity contribution is -0.199. The van der Waals surface area contributed by atoms with Gasteiger partial charge in [-0.15, -0.1) is 0 Å². The molecule has 7 rings (SSSR count). The average molecular weight is 959 g/mol. The van der Waals surface area contributed by atoms with Crippen molar-refractivity contribution < 1.29 is 70.0 Å². The second-order valence-corrected chi connectivity index (χ2v) is 20.1. The Morgan fingerprint density at radius 2 is 0.761 bits per heavy atom. The van der Waals surface area contributed by atoms with E-state index in [1.165, 1.54) is 6.92 Å². The van der Waals surface area contributed by atoms with Crippen molar-refractivity contribution in [3.63, 3.8) is 0 Å². The van der Waals surface area contributed by atoms with Crippen LogP contribution in [0.25, 0.3) is 0 Å². The molecule has 2 saturated heterocycles. The van der Waals surface area contributed by atoms with Gasteiger partial charge in [0.2, 0.25) is 11.7 Å². The van der Waals surface area contributed by atoms with Gasteiger partial charge in [0, 0.05) is 21.0 Å². The number of ether oxygens (including phenoxy) is 7. The first kappa shape index (κ1) is 50.0. The van der Waals surface area contributed by atoms with Gasteiger partial charge in [0.25, 0.3) is 0 Å². The Kier molecular flexibility index (Phi) is 18.2. The summed E-state index contributed by atoms with van der Waals surface area (Å²) < 4.78 is 98.9. The minimum absolute atomic E-state index is 0.00152. The number of benzene rings is 5. The summed E-state index contributed by atoms with van der Waals surface area (Å²) in [6.45, 7) is 1.79. The van der Waals surface area contributed by atoms with Crippen molar-refractivity contribution >= 4 is 27.1 Å². The molecule has 0 unspecified atom stereocenters. The molecule has 0 spiro atoms. The Bertz CT molecular complexity index is 2380. The molecule has 2 fully saturated rings. The van der Waals surface area contributed by atoms with E-state index in [0.717, 1.165) is 41.9 Å². The molecular weight excluding hydrogens is 902 g/mol. The van der Waals surface area contributed by atoms with Gasteiger partial charge in [-0.1, -0.05) is 152 Å². The minimum atomic E-state index is -4.72. The van der Waals surface area contributed by atoms with Gasteiger partial charge in [0.05, 0.1) is 46.2 Å². The van der Waals surface area contributed by atoms with E-state index in [2.05, 4.69) is 0 Å². The highest BCUT2D eigenvalue weighted by atomic mass is 31.2. The fraction of sp³-hybridized carbons (Fsp3) is 0.360. The highest BCUT2D eigenvalue weighted by Crippen LogP contribution is 2.63. The van der Waals surface area contributed by atoms with Crippen molar-refractivity contribution in [2.45, 2.75) is 95.2 Å². The van der Waals surface area contributed by atoms with Gasteiger partial charge >= 0.3 is 27.1 Å². The summed E-state index contributed by atoms with van der Waals surface area (Å²) in [5, 5.41) is 0. The molecule has 0 N–H and O–H groups in total. The number of carbonyl (C=O) groups excluding carboxylic acids is 2. The zero-order chi connectivity index (χ0) is 47.1. The second kappa shape index (κ2) is 24.4. The topological polar surface area (TPSA) is 170 Å². The first-order chi connectivity index (χ1) is 32.5. The maximum absolute atomic E-state index is 15.7. The van der Waals surface area contributed by atoms with Crippen molar-refractivity contribution in [1.29, 1.82) is 0 Å². The predicted octanol–water partition coefficient (Wildman–Crippen LogP) is 9.17. The normalized spacial score (nSPS) is 27.2. The maximum Gasteiger partial charge on any atom is 0.374 e. The van der Waals surface area contributed by atoms with Crippen LogP contribution in [0.3, 0.4) is 0 Å². The van der Waals surface area contributed by atoms with E-state index >= 15 is 4.57 Å². The molecule has 0 bridgehead atoms. The van der Waals surface area contributed by atoms with Crippen LogP contribution >= 0.6 is 15.2 Å². The third-order valence-corrected chi connectivity index (χ3v) is 15.1. The largest absolute Gasteiger partial charge is 0.447 e. The molecule has 67 heavy (non-hydrogen) atoms. The number of hydrogen-bond donors (Lipinski definition) is 0. The smallest absolute Gasteiger partial charge is 0.374 e. The van der Waals surface area contributed by atoms with E-state index in [1.807, 2.05) is 152 Å². The third-order valence-electron chi connectivity index (χ3n) is 10.9. The molecule has 0 amide bonds. The Labute approximate surface area is 390 Å². The van der Waals surface area contributed by atoms with Crippen LogP contribution in [0.5, 0.6) is 0 Å². The van der Waals surface area contributed by atoms with Gasteiger partial charge < -0.3 is 42.2 Å². The summed E-state index contributed by atoms with van der Waals surface area (Å²) >= 11 is 0. The molecule has 15 nitrogen and oxygen atoms in total. The van der Waals surface area contributed by atoms with Gasteiger partial charge in [-0.2, -0.15) is 0 Å². The molecule has 5 aromatic rings. The van der Waals surface area contributed by atoms with Crippen molar-refractivity contribution in [3.05, 3.63) is 179 Å². The molecule has 2 aliphatic heterocycles. The van der Waals surface area contributed by atoms with Crippen LogP contribution in [0.1, 0.15) is 41.7 Å². The predicted molar refractivity (Wildman–Crippen MR) is 245 cm³/mol. The Morgan fingerprint density at radius 3 is 1.12 bits per heavy atom. The SMILES string of the molecule is CO[P@@]1(=O)O[C@H](CO[P@]2(=O)O[C@H](COCc3ccccc3)[C@@H](OCc3ccccc3)[C@H](OCc3ccccc3)[C@H]2OC(C)=O)[C@@H](OCc2ccccc2)[C@H](OCc2ccccc2)[C@H]1OC(C)=O. The second-order valence-electron chi connectivity index (χ2n) is 15.9. The zero-order valence-electron chi connectivity index (χ0n) is 37.5. The number of hydrogen-bond acceptors (Lipinski definition) is 15. The van der Waals surface area contributed by atoms with E-state index in [9.17, 15) is 14.2 Å². The maximum atomic E-state index is 15.7. The molecule has 0 saturated carbocycles. The lowest BCUT2D eigenvalue weighted by Crippen LogP contribution is -2.57. The fourth-order valence-electron chi connectivity index (χ4n) is 7.70. The van der Waals surface area contributed by atoms with Crippen LogP contribution in [0.15, 0.2) is 152 Å². The summed E-state index contributed by atoms with van der Waals surface area (Å²) in [4.78, 5) is 25.7. The lowest BCUT2D eigenvalue weighted by atomic mass is 10.1. The molecule has 0 radical (unpaired) electrons. The number of esters is 2. The summed E-state index contributed by atoms with van der Waals surface area (Å²) in [7, 11) is -7.99. The van der Waals surface area contributed by atoms with Crippen molar-refractivity contribution in [2.24, 2.45) is 0 Å². The zero-order valence-corrected chi connectivity index (χ0v) is 39.3. The van der Waals surface area contributed by atoms with E-state index in [-0.39, 0.29) is 39.6 Å². The van der Waals surface area contributed by atoms with Crippen molar-refractivity contribution in [2.75, 3.05) is 20.3 Å². The van der Waals surface area contributed by atoms with Crippen molar-refractivity contribution in [1.82, 2.24) is 0 Å². The van der Waals surface area contributed by atoms with Crippen LogP contribution in [-0.2, 0) is 103 Å². The number of carbonyl (C=O) groups is 2. The molecule has 0 aromatic heterocycles. The highest BCUT2D eigenvalue weighted by molar-refractivity contribution is 7.55. The summed E-state index contributed by atoms with van der Waals surface area (Å²) in [5.74, 6) is -4.85. The molecule has 356 valence electrons. The van der Waals surface area contributed by atoms with Gasteiger partial charge in [-0.3, -0.25) is 27.8 Å². The van der Waals surface area contributed by atoms with E-state index < -0.39 is 82.1 Å². The Morgan fingerprint density at radius 1 is 0.448 bits per heavy atom. The van der Waals surface area contributed by atoms with Gasteiger partial charge in [-0.05, 0) is 27.8 Å². The Hall–Kier alpha value is -4.86. The fourth-order valence-corrected chi connectivity index (χ4v) is 11.7. The van der Waals surface area contributed by atoms with E-state index in [1.54, 1.807) is 0 Å². The molecule has 2 aliphatic rings. The highest BCUT2D eigenvalue weighted by Gasteiger charge is 2.60. The van der Waals surface area contributed by atoms with Crippen LogP contribution in [-0.4, -0.2) is 80.6 Å². The molecule has 0 aliphatic carbocycles. The van der Waals surface area contributed by atoms with Crippen LogP contribution < -0.4 is 0 Å². The molecule has 2 heterocycles. The van der Waals surface area contributed by atoms with Gasteiger partial charge in [0.15, 0.2) is 0 Å². The average Bonchev–Trinajstić information content (AvgIpc) is 3.34. The van der Waals surface area contributed by atoms with E-state index in [0.29, 0.717) is 0 Å². The van der Waals surface area contributed by atoms with Gasteiger partial charge in [0.1, 0.15) is 36.6 Å². The number of rotatable bonds is 22. The van der Waals surface area contributed by atoms with Crippen LogP contribution in [0.4, 0.5) is 0 Å². The standard InChI is InChI=1S/C50H56O15P2/c1-36(51)62-49-47(59-32-41-25-15-7-16-26-41)46(58-31-40-23-13-6-14-24-40)44(64-66(49,53)55-3)35-61-67(54)50(63-37(2)52)48(60-33-42-27-17-8-18-28-42)45(57-30-39-21-11-5-12-22-39)43(65-67)34-56-29-38-19-9-4-10-20-38/h4-28,43-50H,29-35H2,1-3H3/t43-,44-,45-,46-,47+,48+,49+,50+,66-,67+/m1/s1. The quantitative estimate of drug-likeness (QED) is 0.0475. The summed E-state index contributed by atoms with van der Waals surface area (Å²) in [6.07, 6.45) is -7.27. The van der Waals surface area contributed by atoms with Gasteiger partial charge in [-0.25, -0.2) is 0 Å². The first-order valence-electron chi connectivity index (χ1n) is 21.9. The first-order valence-corrected chi connectivity index (χ1v) is 25.1. The molecular formula is C50H56O15P2. The Balaban J connectivity index is 1.25. The molecule has 10 atom stereocenters. The summed E-state index contributed by atoms with van der Waals surface area (Å²) in [6, 6.07) is 46.6. The third kappa shape index (κ3) is 13.9. The molecule has 17 heteroatoms. The minimum Gasteiger partial charge on any atom is -0.447 e. The lowest BCUT2D eigenvalue weighted by Gasteiger charge is -2.46. The van der Waals surface area contributed by atoms with Crippen molar-refractivity contribution in [3.8, 4) is 0 Å². The van der Waals surface area contributed by atoms with Crippen LogP contribution in [0.2, 0.25) is 0 Å². The monoisotopic (exact) mass is 958 g/mol. The van der Waals surface area contributed by atoms with Crippen LogP contribution in [0, 0.1) is 0 Å².